The van der Waals surface area contributed by atoms with E-state index in [9.17, 15) is 33.9 Å². The van der Waals surface area contributed by atoms with Crippen molar-refractivity contribution in [1.82, 2.24) is 0 Å². The van der Waals surface area contributed by atoms with Gasteiger partial charge in [0.15, 0.2) is 12.2 Å². The summed E-state index contributed by atoms with van der Waals surface area (Å²) < 4.78 is 39.4. The zero-order chi connectivity index (χ0) is 50.7. The standard InChI is InChI=1S/C56H48N2O14/c1-33-4-8-39(9-5-33)55(64)69-44-22-14-37(15-23-44)53(62)57-42-20-12-35(41(28-42)30-59)18-26-49(60)71-47-31-67-52-48(32-68-51(47)52)72-50(61)27-19-36-13-21-43(29-46(36)66-3)58-54(63)38-16-24-45(25-17-38)70-56(65)40-10-6-34(2)7-11-40/h4-29,47-48,51-52,59H,30-32H2,1-3H3,(H,57,62)(H,58,63)/b26-18+,27-19+/t47-,48+,51-,52-/m1/s1. The van der Waals surface area contributed by atoms with Gasteiger partial charge in [-0.25, -0.2) is 19.2 Å². The van der Waals surface area contributed by atoms with E-state index in [0.29, 0.717) is 56.1 Å². The molecule has 72 heavy (non-hydrogen) atoms. The Morgan fingerprint density at radius 3 is 1.42 bits per heavy atom. The predicted molar refractivity (Wildman–Crippen MR) is 264 cm³/mol. The first-order valence-corrected chi connectivity index (χ1v) is 22.7. The van der Waals surface area contributed by atoms with E-state index >= 15 is 0 Å². The van der Waals surface area contributed by atoms with Crippen LogP contribution in [0.5, 0.6) is 17.2 Å². The number of amides is 2. The van der Waals surface area contributed by atoms with Gasteiger partial charge in [-0.1, -0.05) is 41.5 Å². The minimum atomic E-state index is -0.785. The molecule has 366 valence electrons. The van der Waals surface area contributed by atoms with Gasteiger partial charge < -0.3 is 48.9 Å². The number of ether oxygens (including phenoxy) is 7. The molecule has 2 heterocycles. The zero-order valence-electron chi connectivity index (χ0n) is 39.2. The molecule has 16 nitrogen and oxygen atoms in total. The van der Waals surface area contributed by atoms with Crippen LogP contribution < -0.4 is 24.8 Å². The quantitative estimate of drug-likeness (QED) is 0.0476. The third-order valence-electron chi connectivity index (χ3n) is 11.6. The first-order valence-electron chi connectivity index (χ1n) is 22.7. The second-order valence-electron chi connectivity index (χ2n) is 16.7. The summed E-state index contributed by atoms with van der Waals surface area (Å²) in [6.07, 6.45) is 2.47. The van der Waals surface area contributed by atoms with E-state index in [2.05, 4.69) is 10.6 Å². The third kappa shape index (κ3) is 12.5. The van der Waals surface area contributed by atoms with Gasteiger partial charge in [-0.05, 0) is 134 Å². The lowest BCUT2D eigenvalue weighted by molar-refractivity contribution is -0.149. The van der Waals surface area contributed by atoms with Crippen molar-refractivity contribution in [2.24, 2.45) is 0 Å². The van der Waals surface area contributed by atoms with Gasteiger partial charge in [0.25, 0.3) is 11.8 Å². The minimum absolute atomic E-state index is 0.00570. The Kier molecular flexibility index (Phi) is 15.8. The third-order valence-corrected chi connectivity index (χ3v) is 11.6. The van der Waals surface area contributed by atoms with Crippen LogP contribution in [0.15, 0.2) is 146 Å². The SMILES string of the molecule is COc1cc(NC(=O)c2ccc(OC(=O)c3ccc(C)cc3)cc2)ccc1/C=C/C(=O)O[C@H]1CO[C@H]2[C@@H]1OC[C@H]2OC(=O)/C=C/c1ccc(NC(=O)c2ccc(OC(=O)c3ccc(C)cc3)cc2)cc1CO. The first kappa shape index (κ1) is 49.7. The van der Waals surface area contributed by atoms with E-state index in [1.54, 1.807) is 60.7 Å². The number of rotatable bonds is 16. The van der Waals surface area contributed by atoms with Crippen molar-refractivity contribution in [1.29, 1.82) is 0 Å². The Bertz CT molecular complexity index is 2830. The molecule has 6 aromatic carbocycles. The molecule has 2 fully saturated rings. The fraction of sp³-hybridized carbons (Fsp3) is 0.179. The molecule has 0 saturated carbocycles. The maximum absolute atomic E-state index is 13.0. The summed E-state index contributed by atoms with van der Waals surface area (Å²) in [7, 11) is 1.45. The first-order chi connectivity index (χ1) is 34.8. The number of anilines is 2. The highest BCUT2D eigenvalue weighted by Crippen LogP contribution is 2.32. The molecule has 2 amide bonds. The molecule has 2 aliphatic rings. The van der Waals surface area contributed by atoms with E-state index in [1.807, 2.05) is 38.1 Å². The molecular weight excluding hydrogens is 925 g/mol. The summed E-state index contributed by atoms with van der Waals surface area (Å²) in [6, 6.07) is 35.9. The van der Waals surface area contributed by atoms with E-state index < -0.39 is 66.7 Å². The number of nitrogens with one attached hydrogen (secondary N) is 2. The molecule has 0 spiro atoms. The van der Waals surface area contributed by atoms with Crippen LogP contribution in [-0.2, 0) is 35.1 Å². The molecule has 2 aliphatic heterocycles. The summed E-state index contributed by atoms with van der Waals surface area (Å²) in [5.74, 6) is -2.32. The molecule has 0 radical (unpaired) electrons. The lowest BCUT2D eigenvalue weighted by Crippen LogP contribution is -2.35. The normalized spacial score (nSPS) is 16.9. The average Bonchev–Trinajstić information content (AvgIpc) is 3.98. The molecule has 0 aliphatic carbocycles. The maximum Gasteiger partial charge on any atom is 0.343 e. The Balaban J connectivity index is 0.780. The largest absolute Gasteiger partial charge is 0.496 e. The second kappa shape index (κ2) is 22.8. The highest BCUT2D eigenvalue weighted by atomic mass is 16.7. The zero-order valence-corrected chi connectivity index (χ0v) is 39.2. The minimum Gasteiger partial charge on any atom is -0.496 e. The van der Waals surface area contributed by atoms with Crippen molar-refractivity contribution in [3.63, 3.8) is 0 Å². The van der Waals surface area contributed by atoms with E-state index in [0.717, 1.165) is 11.1 Å². The molecule has 0 aromatic heterocycles. The second-order valence-corrected chi connectivity index (χ2v) is 16.7. The Morgan fingerprint density at radius 2 is 0.972 bits per heavy atom. The maximum atomic E-state index is 13.0. The molecule has 3 N–H and O–H groups in total. The molecule has 6 aromatic rings. The molecular formula is C56H48N2O14. The van der Waals surface area contributed by atoms with Crippen LogP contribution >= 0.6 is 0 Å². The Hall–Kier alpha value is -8.70. The number of methoxy groups -OCH3 is 1. The summed E-state index contributed by atoms with van der Waals surface area (Å²) in [5, 5.41) is 15.7. The van der Waals surface area contributed by atoms with Gasteiger partial charge in [0.05, 0.1) is 38.1 Å². The lowest BCUT2D eigenvalue weighted by Gasteiger charge is -2.16. The van der Waals surface area contributed by atoms with E-state index in [1.165, 1.54) is 79.9 Å². The highest BCUT2D eigenvalue weighted by molar-refractivity contribution is 6.05. The van der Waals surface area contributed by atoms with Gasteiger partial charge in [0, 0.05) is 46.3 Å². The van der Waals surface area contributed by atoms with Crippen LogP contribution in [0.25, 0.3) is 12.2 Å². The van der Waals surface area contributed by atoms with Crippen LogP contribution in [0.2, 0.25) is 0 Å². The lowest BCUT2D eigenvalue weighted by atomic mass is 10.1. The van der Waals surface area contributed by atoms with Crippen molar-refractivity contribution in [3.05, 3.63) is 196 Å². The predicted octanol–water partition coefficient (Wildman–Crippen LogP) is 8.10. The van der Waals surface area contributed by atoms with Gasteiger partial charge in [-0.3, -0.25) is 9.59 Å². The van der Waals surface area contributed by atoms with Gasteiger partial charge >= 0.3 is 23.9 Å². The number of aliphatic hydroxyl groups excluding tert-OH is 1. The van der Waals surface area contributed by atoms with Crippen molar-refractivity contribution >= 4 is 59.2 Å². The fourth-order valence-electron chi connectivity index (χ4n) is 7.70. The molecule has 0 unspecified atom stereocenters. The summed E-state index contributed by atoms with van der Waals surface area (Å²) in [6.45, 7) is 3.46. The fourth-order valence-corrected chi connectivity index (χ4v) is 7.70. The van der Waals surface area contributed by atoms with Crippen LogP contribution in [0.3, 0.4) is 0 Å². The molecule has 2 saturated heterocycles. The molecule has 4 atom stereocenters. The summed E-state index contributed by atoms with van der Waals surface area (Å²) in [5.41, 5.74) is 5.76. The van der Waals surface area contributed by atoms with Gasteiger partial charge in [0.1, 0.15) is 29.5 Å². The van der Waals surface area contributed by atoms with Crippen LogP contribution in [0.1, 0.15) is 69.2 Å². The number of fused-ring (bicyclic) bond motifs is 1. The van der Waals surface area contributed by atoms with Crippen molar-refractivity contribution in [3.8, 4) is 17.2 Å². The smallest absolute Gasteiger partial charge is 0.343 e. The van der Waals surface area contributed by atoms with Crippen molar-refractivity contribution in [2.45, 2.75) is 44.9 Å². The highest BCUT2D eigenvalue weighted by Gasteiger charge is 2.51. The van der Waals surface area contributed by atoms with Gasteiger partial charge in [0.2, 0.25) is 0 Å². The number of aliphatic hydroxyl groups is 1. The molecule has 16 heteroatoms. The average molecular weight is 973 g/mol. The van der Waals surface area contributed by atoms with Crippen molar-refractivity contribution in [2.75, 3.05) is 31.0 Å². The molecule has 8 rings (SSSR count). The summed E-state index contributed by atoms with van der Waals surface area (Å²) >= 11 is 0. The van der Waals surface area contributed by atoms with E-state index in [4.69, 9.17) is 33.2 Å². The number of esters is 4. The monoisotopic (exact) mass is 972 g/mol. The van der Waals surface area contributed by atoms with Gasteiger partial charge in [-0.2, -0.15) is 0 Å². The van der Waals surface area contributed by atoms with Crippen LogP contribution in [0.4, 0.5) is 11.4 Å². The number of benzene rings is 6. The van der Waals surface area contributed by atoms with Crippen molar-refractivity contribution < 1.29 is 67.0 Å². The Morgan fingerprint density at radius 1 is 0.556 bits per heavy atom. The number of carbonyl (C=O) groups excluding carboxylic acids is 6. The van der Waals surface area contributed by atoms with Crippen LogP contribution in [0, 0.1) is 13.8 Å². The number of carbonyl (C=O) groups is 6. The number of hydrogen-bond acceptors (Lipinski definition) is 14. The van der Waals surface area contributed by atoms with Crippen LogP contribution in [-0.4, -0.2) is 85.5 Å². The van der Waals surface area contributed by atoms with E-state index in [-0.39, 0.29) is 24.7 Å². The molecule has 0 bridgehead atoms. The Labute approximate surface area is 413 Å². The topological polar surface area (TPSA) is 211 Å². The number of aryl methyl sites for hydroxylation is 2. The van der Waals surface area contributed by atoms with Gasteiger partial charge in [-0.15, -0.1) is 0 Å². The number of hydrogen-bond donors (Lipinski definition) is 3. The summed E-state index contributed by atoms with van der Waals surface area (Å²) in [4.78, 5) is 76.9.